The van der Waals surface area contributed by atoms with Crippen LogP contribution in [0.2, 0.25) is 0 Å². The molecule has 0 N–H and O–H groups in total. The maximum atomic E-state index is 12.9. The summed E-state index contributed by atoms with van der Waals surface area (Å²) in [6.07, 6.45) is 5.68. The van der Waals surface area contributed by atoms with E-state index in [0.29, 0.717) is 18.9 Å². The minimum atomic E-state index is -0.0235. The quantitative estimate of drug-likeness (QED) is 0.823. The van der Waals surface area contributed by atoms with E-state index in [1.54, 1.807) is 12.4 Å². The fourth-order valence-electron chi connectivity index (χ4n) is 4.21. The van der Waals surface area contributed by atoms with Gasteiger partial charge in [-0.2, -0.15) is 4.98 Å². The number of amides is 1. The molecule has 144 valence electrons. The van der Waals surface area contributed by atoms with Crippen LogP contribution in [-0.2, 0) is 16.0 Å². The number of carbonyl (C=O) groups is 1. The molecule has 27 heavy (non-hydrogen) atoms. The van der Waals surface area contributed by atoms with Crippen LogP contribution in [0.5, 0.6) is 0 Å². The van der Waals surface area contributed by atoms with E-state index < -0.39 is 0 Å². The Balaban J connectivity index is 1.56. The van der Waals surface area contributed by atoms with Gasteiger partial charge in [0, 0.05) is 55.9 Å². The first kappa shape index (κ1) is 18.1. The van der Waals surface area contributed by atoms with Gasteiger partial charge in [-0.1, -0.05) is 19.0 Å². The van der Waals surface area contributed by atoms with Gasteiger partial charge in [0.05, 0.1) is 6.42 Å². The van der Waals surface area contributed by atoms with E-state index in [-0.39, 0.29) is 23.2 Å². The minimum absolute atomic E-state index is 0.0235. The van der Waals surface area contributed by atoms with E-state index in [4.69, 9.17) is 9.26 Å². The second kappa shape index (κ2) is 7.38. The minimum Gasteiger partial charge on any atom is -0.381 e. The van der Waals surface area contributed by atoms with Gasteiger partial charge in [-0.05, 0) is 30.5 Å². The van der Waals surface area contributed by atoms with Crippen molar-refractivity contribution in [3.05, 3.63) is 41.8 Å². The third-order valence-electron chi connectivity index (χ3n) is 5.86. The number of aromatic nitrogens is 3. The molecule has 0 aliphatic carbocycles. The van der Waals surface area contributed by atoms with Crippen molar-refractivity contribution in [1.82, 2.24) is 20.0 Å². The number of carbonyl (C=O) groups excluding carboxylic acids is 1. The summed E-state index contributed by atoms with van der Waals surface area (Å²) in [5, 5.41) is 4.27. The Kier molecular flexibility index (Phi) is 4.95. The van der Waals surface area contributed by atoms with Crippen LogP contribution in [-0.4, -0.2) is 52.2 Å². The first-order chi connectivity index (χ1) is 13.1. The summed E-state index contributed by atoms with van der Waals surface area (Å²) in [7, 11) is 0. The monoisotopic (exact) mass is 370 g/mol. The van der Waals surface area contributed by atoms with Gasteiger partial charge in [-0.25, -0.2) is 0 Å². The van der Waals surface area contributed by atoms with Crippen molar-refractivity contribution in [3.63, 3.8) is 0 Å². The average Bonchev–Trinajstić information content (AvgIpc) is 3.29. The van der Waals surface area contributed by atoms with Gasteiger partial charge in [0.15, 0.2) is 5.82 Å². The predicted molar refractivity (Wildman–Crippen MR) is 98.1 cm³/mol. The van der Waals surface area contributed by atoms with E-state index in [9.17, 15) is 4.79 Å². The molecule has 4 rings (SSSR count). The van der Waals surface area contributed by atoms with Crippen molar-refractivity contribution in [2.24, 2.45) is 5.41 Å². The lowest BCUT2D eigenvalue weighted by Gasteiger charge is -2.36. The highest BCUT2D eigenvalue weighted by Gasteiger charge is 2.51. The normalized spacial score (nSPS) is 21.9. The second-order valence-electron chi connectivity index (χ2n) is 7.98. The SMILES string of the molecule is CC(C)c1nc(C2CN(C(=O)Cc3ccncc3)CC23CCOCC3)no1. The van der Waals surface area contributed by atoms with Crippen LogP contribution in [0.3, 0.4) is 0 Å². The van der Waals surface area contributed by atoms with Crippen LogP contribution in [0.25, 0.3) is 0 Å². The molecule has 0 bridgehead atoms. The van der Waals surface area contributed by atoms with Crippen LogP contribution in [0.4, 0.5) is 0 Å². The first-order valence-electron chi connectivity index (χ1n) is 9.65. The van der Waals surface area contributed by atoms with Crippen molar-refractivity contribution in [3.8, 4) is 0 Å². The number of rotatable bonds is 4. The summed E-state index contributed by atoms with van der Waals surface area (Å²) in [5.41, 5.74) is 0.964. The van der Waals surface area contributed by atoms with Gasteiger partial charge in [0.25, 0.3) is 0 Å². The summed E-state index contributed by atoms with van der Waals surface area (Å²) < 4.78 is 11.1. The molecule has 1 atom stereocenters. The van der Waals surface area contributed by atoms with E-state index >= 15 is 0 Å². The van der Waals surface area contributed by atoms with Crippen LogP contribution in [0, 0.1) is 5.41 Å². The van der Waals surface area contributed by atoms with Crippen molar-refractivity contribution in [2.75, 3.05) is 26.3 Å². The van der Waals surface area contributed by atoms with Crippen LogP contribution in [0.1, 0.15) is 55.8 Å². The van der Waals surface area contributed by atoms with Gasteiger partial charge in [0.2, 0.25) is 11.8 Å². The van der Waals surface area contributed by atoms with E-state index in [0.717, 1.165) is 44.0 Å². The lowest BCUT2D eigenvalue weighted by Crippen LogP contribution is -2.37. The maximum absolute atomic E-state index is 12.9. The smallest absolute Gasteiger partial charge is 0.229 e. The third-order valence-corrected chi connectivity index (χ3v) is 5.86. The standard InChI is InChI=1S/C20H26N4O3/c1-14(2)19-22-18(23-27-19)16-12-24(13-20(16)5-9-26-10-6-20)17(25)11-15-3-7-21-8-4-15/h3-4,7-8,14,16H,5-6,9-13H2,1-2H3. The van der Waals surface area contributed by atoms with Crippen LogP contribution in [0.15, 0.2) is 29.0 Å². The molecule has 0 aromatic carbocycles. The fraction of sp³-hybridized carbons (Fsp3) is 0.600. The Morgan fingerprint density at radius 2 is 2.04 bits per heavy atom. The topological polar surface area (TPSA) is 81.4 Å². The molecule has 2 aromatic rings. The lowest BCUT2D eigenvalue weighted by atomic mass is 9.72. The van der Waals surface area contributed by atoms with Gasteiger partial charge in [-0.3, -0.25) is 9.78 Å². The van der Waals surface area contributed by atoms with E-state index in [1.165, 1.54) is 0 Å². The Bertz CT molecular complexity index is 784. The number of pyridine rings is 1. The summed E-state index contributed by atoms with van der Waals surface area (Å²) in [5.74, 6) is 1.83. The van der Waals surface area contributed by atoms with Crippen molar-refractivity contribution < 1.29 is 14.1 Å². The van der Waals surface area contributed by atoms with Gasteiger partial charge < -0.3 is 14.2 Å². The molecule has 2 aromatic heterocycles. The molecule has 2 aliphatic heterocycles. The zero-order chi connectivity index (χ0) is 18.9. The Labute approximate surface area is 159 Å². The number of hydrogen-bond acceptors (Lipinski definition) is 6. The van der Waals surface area contributed by atoms with Gasteiger partial charge >= 0.3 is 0 Å². The molecule has 2 saturated heterocycles. The van der Waals surface area contributed by atoms with E-state index in [1.807, 2.05) is 30.9 Å². The highest BCUT2D eigenvalue weighted by atomic mass is 16.5. The summed E-state index contributed by atoms with van der Waals surface area (Å²) in [6.45, 7) is 6.90. The molecule has 1 spiro atoms. The highest BCUT2D eigenvalue weighted by molar-refractivity contribution is 5.79. The van der Waals surface area contributed by atoms with Crippen molar-refractivity contribution >= 4 is 5.91 Å². The van der Waals surface area contributed by atoms with E-state index in [2.05, 4.69) is 15.1 Å². The summed E-state index contributed by atoms with van der Waals surface area (Å²) in [4.78, 5) is 23.6. The second-order valence-corrected chi connectivity index (χ2v) is 7.98. The van der Waals surface area contributed by atoms with Gasteiger partial charge in [-0.15, -0.1) is 0 Å². The summed E-state index contributed by atoms with van der Waals surface area (Å²) >= 11 is 0. The molecule has 2 fully saturated rings. The summed E-state index contributed by atoms with van der Waals surface area (Å²) in [6, 6.07) is 3.79. The number of hydrogen-bond donors (Lipinski definition) is 0. The number of likely N-dealkylation sites (tertiary alicyclic amines) is 1. The molecule has 1 amide bonds. The maximum Gasteiger partial charge on any atom is 0.229 e. The average molecular weight is 370 g/mol. The van der Waals surface area contributed by atoms with Gasteiger partial charge in [0.1, 0.15) is 0 Å². The molecule has 2 aliphatic rings. The Morgan fingerprint density at radius 3 is 2.70 bits per heavy atom. The lowest BCUT2D eigenvalue weighted by molar-refractivity contribution is -0.130. The zero-order valence-corrected chi connectivity index (χ0v) is 15.9. The zero-order valence-electron chi connectivity index (χ0n) is 15.9. The first-order valence-corrected chi connectivity index (χ1v) is 9.65. The molecular formula is C20H26N4O3. The molecule has 1 unspecified atom stereocenters. The van der Waals surface area contributed by atoms with Crippen molar-refractivity contribution in [2.45, 2.75) is 44.9 Å². The van der Waals surface area contributed by atoms with Crippen LogP contribution < -0.4 is 0 Å². The number of ether oxygens (including phenoxy) is 1. The number of nitrogens with zero attached hydrogens (tertiary/aromatic N) is 4. The van der Waals surface area contributed by atoms with Crippen LogP contribution >= 0.6 is 0 Å². The Hall–Kier alpha value is -2.28. The molecular weight excluding hydrogens is 344 g/mol. The molecule has 4 heterocycles. The van der Waals surface area contributed by atoms with Crippen molar-refractivity contribution in [1.29, 1.82) is 0 Å². The highest BCUT2D eigenvalue weighted by Crippen LogP contribution is 2.48. The third kappa shape index (κ3) is 3.60. The molecule has 0 radical (unpaired) electrons. The largest absolute Gasteiger partial charge is 0.381 e. The molecule has 7 nitrogen and oxygen atoms in total. The fourth-order valence-corrected chi connectivity index (χ4v) is 4.21. The Morgan fingerprint density at radius 1 is 1.30 bits per heavy atom. The predicted octanol–water partition coefficient (Wildman–Crippen LogP) is 2.55. The molecule has 0 saturated carbocycles. The molecule has 7 heteroatoms.